The van der Waals surface area contributed by atoms with E-state index in [9.17, 15) is 9.90 Å². The van der Waals surface area contributed by atoms with Crippen LogP contribution in [0.1, 0.15) is 39.5 Å². The van der Waals surface area contributed by atoms with Crippen molar-refractivity contribution < 1.29 is 14.6 Å². The molecule has 0 radical (unpaired) electrons. The highest BCUT2D eigenvalue weighted by molar-refractivity contribution is 5.79. The second-order valence-electron chi connectivity index (χ2n) is 6.42. The van der Waals surface area contributed by atoms with E-state index in [0.29, 0.717) is 0 Å². The summed E-state index contributed by atoms with van der Waals surface area (Å²) in [5.41, 5.74) is -0.705. The average molecular weight is 284 g/mol. The molecule has 1 aliphatic heterocycles. The first kappa shape index (κ1) is 15.7. The number of hydrogen-bond donors (Lipinski definition) is 2. The first-order valence-corrected chi connectivity index (χ1v) is 7.78. The van der Waals surface area contributed by atoms with Crippen molar-refractivity contribution >= 4 is 5.97 Å². The Bertz CT molecular complexity index is 340. The standard InChI is InChI=1S/C15H28N2O3/c1-11-9-17(10-12(2)20-11)8-6-13-5-4-7-15(13,16-3)14(18)19/h11-13,16H,4-10H2,1-3H3,(H,18,19). The van der Waals surface area contributed by atoms with Gasteiger partial charge in [0.25, 0.3) is 0 Å². The van der Waals surface area contributed by atoms with Crippen molar-refractivity contribution in [2.45, 2.75) is 57.3 Å². The molecule has 20 heavy (non-hydrogen) atoms. The third-order valence-electron chi connectivity index (χ3n) is 4.94. The fraction of sp³-hybridized carbons (Fsp3) is 0.933. The van der Waals surface area contributed by atoms with E-state index in [-0.39, 0.29) is 18.1 Å². The number of nitrogens with one attached hydrogen (secondary N) is 1. The maximum atomic E-state index is 11.6. The maximum Gasteiger partial charge on any atom is 0.324 e. The van der Waals surface area contributed by atoms with Crippen molar-refractivity contribution in [3.05, 3.63) is 0 Å². The van der Waals surface area contributed by atoms with Crippen molar-refractivity contribution in [3.8, 4) is 0 Å². The summed E-state index contributed by atoms with van der Waals surface area (Å²) in [5, 5.41) is 12.6. The molecule has 5 nitrogen and oxygen atoms in total. The van der Waals surface area contributed by atoms with E-state index in [0.717, 1.165) is 45.3 Å². The molecule has 0 bridgehead atoms. The monoisotopic (exact) mass is 284 g/mol. The molecule has 0 spiro atoms. The lowest BCUT2D eigenvalue weighted by Gasteiger charge is -2.37. The normalized spacial score (nSPS) is 39.0. The number of rotatable bonds is 5. The lowest BCUT2D eigenvalue weighted by Crippen LogP contribution is -2.54. The molecule has 4 unspecified atom stereocenters. The van der Waals surface area contributed by atoms with Crippen LogP contribution in [0, 0.1) is 5.92 Å². The molecule has 0 amide bonds. The molecule has 1 aliphatic carbocycles. The van der Waals surface area contributed by atoms with Crippen LogP contribution in [0.25, 0.3) is 0 Å². The van der Waals surface area contributed by atoms with Gasteiger partial charge in [0, 0.05) is 13.1 Å². The molecule has 2 aliphatic rings. The first-order chi connectivity index (χ1) is 9.48. The number of aliphatic carboxylic acids is 1. The van der Waals surface area contributed by atoms with E-state index in [1.165, 1.54) is 0 Å². The van der Waals surface area contributed by atoms with Gasteiger partial charge >= 0.3 is 5.97 Å². The summed E-state index contributed by atoms with van der Waals surface area (Å²) in [6.45, 7) is 7.09. The van der Waals surface area contributed by atoms with E-state index in [4.69, 9.17) is 4.74 Å². The quantitative estimate of drug-likeness (QED) is 0.797. The average Bonchev–Trinajstić information content (AvgIpc) is 2.79. The smallest absolute Gasteiger partial charge is 0.324 e. The summed E-state index contributed by atoms with van der Waals surface area (Å²) in [5.74, 6) is -0.454. The molecule has 2 N–H and O–H groups in total. The van der Waals surface area contributed by atoms with Crippen LogP contribution in [0.4, 0.5) is 0 Å². The highest BCUT2D eigenvalue weighted by Gasteiger charge is 2.47. The molecular formula is C15H28N2O3. The Morgan fingerprint density at radius 1 is 1.40 bits per heavy atom. The van der Waals surface area contributed by atoms with Gasteiger partial charge in [0.05, 0.1) is 12.2 Å². The zero-order valence-corrected chi connectivity index (χ0v) is 12.9. The fourth-order valence-corrected chi connectivity index (χ4v) is 3.99. The van der Waals surface area contributed by atoms with E-state index >= 15 is 0 Å². The van der Waals surface area contributed by atoms with Crippen LogP contribution < -0.4 is 5.32 Å². The molecule has 116 valence electrons. The highest BCUT2D eigenvalue weighted by atomic mass is 16.5. The molecule has 1 saturated carbocycles. The summed E-state index contributed by atoms with van der Waals surface area (Å²) in [6.07, 6.45) is 4.27. The topological polar surface area (TPSA) is 61.8 Å². The number of hydrogen-bond acceptors (Lipinski definition) is 4. The van der Waals surface area contributed by atoms with Crippen LogP contribution in [0.15, 0.2) is 0 Å². The van der Waals surface area contributed by atoms with Crippen LogP contribution in [0.3, 0.4) is 0 Å². The highest BCUT2D eigenvalue weighted by Crippen LogP contribution is 2.38. The molecule has 5 heteroatoms. The van der Waals surface area contributed by atoms with Gasteiger partial charge in [-0.1, -0.05) is 6.42 Å². The largest absolute Gasteiger partial charge is 0.480 e. The zero-order valence-electron chi connectivity index (χ0n) is 12.9. The number of likely N-dealkylation sites (N-methyl/N-ethyl adjacent to an activating group) is 1. The summed E-state index contributed by atoms with van der Waals surface area (Å²) < 4.78 is 5.74. The molecule has 2 fully saturated rings. The minimum atomic E-state index is -0.705. The molecule has 0 aromatic carbocycles. The molecule has 0 aromatic rings. The van der Waals surface area contributed by atoms with Gasteiger partial charge in [-0.15, -0.1) is 0 Å². The fourth-order valence-electron chi connectivity index (χ4n) is 3.99. The summed E-state index contributed by atoms with van der Waals surface area (Å²) in [7, 11) is 1.78. The molecule has 1 heterocycles. The molecule has 1 saturated heterocycles. The van der Waals surface area contributed by atoms with Crippen LogP contribution >= 0.6 is 0 Å². The van der Waals surface area contributed by atoms with Crippen LogP contribution in [-0.2, 0) is 9.53 Å². The van der Waals surface area contributed by atoms with Gasteiger partial charge in [-0.05, 0) is 52.6 Å². The van der Waals surface area contributed by atoms with Crippen LogP contribution in [0.2, 0.25) is 0 Å². The summed E-state index contributed by atoms with van der Waals surface area (Å²) in [6, 6.07) is 0. The first-order valence-electron chi connectivity index (χ1n) is 7.78. The number of ether oxygens (including phenoxy) is 1. The van der Waals surface area contributed by atoms with E-state index < -0.39 is 11.5 Å². The lowest BCUT2D eigenvalue weighted by molar-refractivity contribution is -0.146. The third-order valence-corrected chi connectivity index (χ3v) is 4.94. The van der Waals surface area contributed by atoms with Gasteiger partial charge in [0.15, 0.2) is 0 Å². The van der Waals surface area contributed by atoms with Crippen LogP contribution in [0.5, 0.6) is 0 Å². The molecule has 2 rings (SSSR count). The van der Waals surface area contributed by atoms with Gasteiger partial charge in [-0.3, -0.25) is 9.69 Å². The number of carbonyl (C=O) groups is 1. The van der Waals surface area contributed by atoms with E-state index in [1.807, 2.05) is 0 Å². The summed E-state index contributed by atoms with van der Waals surface area (Å²) >= 11 is 0. The van der Waals surface area contributed by atoms with Gasteiger partial charge < -0.3 is 15.2 Å². The number of carboxylic acid groups (broad SMARTS) is 1. The van der Waals surface area contributed by atoms with Crippen molar-refractivity contribution in [2.75, 3.05) is 26.7 Å². The Morgan fingerprint density at radius 3 is 2.60 bits per heavy atom. The Balaban J connectivity index is 1.91. The van der Waals surface area contributed by atoms with Crippen molar-refractivity contribution in [3.63, 3.8) is 0 Å². The summed E-state index contributed by atoms with van der Waals surface area (Å²) in [4.78, 5) is 14.0. The van der Waals surface area contributed by atoms with Crippen LogP contribution in [-0.4, -0.2) is 60.4 Å². The van der Waals surface area contributed by atoms with Gasteiger partial charge in [-0.25, -0.2) is 0 Å². The van der Waals surface area contributed by atoms with Gasteiger partial charge in [-0.2, -0.15) is 0 Å². The van der Waals surface area contributed by atoms with Gasteiger partial charge in [0.2, 0.25) is 0 Å². The minimum absolute atomic E-state index is 0.235. The number of morpholine rings is 1. The SMILES string of the molecule is CNC1(C(=O)O)CCCC1CCN1CC(C)OC(C)C1. The third kappa shape index (κ3) is 3.15. The predicted molar refractivity (Wildman–Crippen MR) is 77.8 cm³/mol. The van der Waals surface area contributed by atoms with Crippen molar-refractivity contribution in [2.24, 2.45) is 5.92 Å². The van der Waals surface area contributed by atoms with Crippen molar-refractivity contribution in [1.29, 1.82) is 0 Å². The predicted octanol–water partition coefficient (Wildman–Crippen LogP) is 1.33. The second kappa shape index (κ2) is 6.41. The molecule has 4 atom stereocenters. The maximum absolute atomic E-state index is 11.6. The second-order valence-corrected chi connectivity index (χ2v) is 6.42. The Labute approximate surface area is 121 Å². The lowest BCUT2D eigenvalue weighted by atomic mass is 9.84. The number of carboxylic acids is 1. The minimum Gasteiger partial charge on any atom is -0.480 e. The van der Waals surface area contributed by atoms with Crippen molar-refractivity contribution in [1.82, 2.24) is 10.2 Å². The number of nitrogens with zero attached hydrogens (tertiary/aromatic N) is 1. The van der Waals surface area contributed by atoms with E-state index in [1.54, 1.807) is 7.05 Å². The molecular weight excluding hydrogens is 256 g/mol. The Hall–Kier alpha value is -0.650. The van der Waals surface area contributed by atoms with Gasteiger partial charge in [0.1, 0.15) is 5.54 Å². The van der Waals surface area contributed by atoms with E-state index in [2.05, 4.69) is 24.1 Å². The Kier molecular flexibility index (Phi) is 5.04. The zero-order chi connectivity index (χ0) is 14.8. The Morgan fingerprint density at radius 2 is 2.05 bits per heavy atom. The molecule has 0 aromatic heterocycles.